The number of anilines is 1. The summed E-state index contributed by atoms with van der Waals surface area (Å²) in [6.45, 7) is 3.40. The summed E-state index contributed by atoms with van der Waals surface area (Å²) in [6.07, 6.45) is 7.30. The Labute approximate surface area is 253 Å². The van der Waals surface area contributed by atoms with Gasteiger partial charge < -0.3 is 19.5 Å². The van der Waals surface area contributed by atoms with Crippen LogP contribution >= 0.6 is 11.6 Å². The first-order chi connectivity index (χ1) is 20.1. The highest BCUT2D eigenvalue weighted by atomic mass is 35.5. The predicted octanol–water partition coefficient (Wildman–Crippen LogP) is 4.62. The number of fused-ring (bicyclic) bond motifs is 4. The van der Waals surface area contributed by atoms with Crippen molar-refractivity contribution in [3.63, 3.8) is 0 Å². The molecule has 10 heteroatoms. The number of hydrogen-bond donors (Lipinski definition) is 2. The first-order valence-electron chi connectivity index (χ1n) is 14.8. The Morgan fingerprint density at radius 1 is 1.17 bits per heavy atom. The molecule has 42 heavy (non-hydrogen) atoms. The quantitative estimate of drug-likeness (QED) is 0.452. The molecule has 8 nitrogen and oxygen atoms in total. The van der Waals surface area contributed by atoms with E-state index in [0.717, 1.165) is 42.8 Å². The molecule has 0 radical (unpaired) electrons. The average Bonchev–Trinajstić information content (AvgIpc) is 3.09. The molecule has 1 saturated carbocycles. The number of amides is 1. The number of ether oxygens (including phenoxy) is 2. The Morgan fingerprint density at radius 3 is 2.76 bits per heavy atom. The van der Waals surface area contributed by atoms with Crippen molar-refractivity contribution >= 4 is 33.2 Å². The molecule has 2 heterocycles. The molecule has 6 atom stereocenters. The van der Waals surface area contributed by atoms with Crippen LogP contribution in [0.1, 0.15) is 60.5 Å². The van der Waals surface area contributed by atoms with Crippen molar-refractivity contribution in [1.82, 2.24) is 4.72 Å². The number of rotatable bonds is 1. The standard InChI is InChI=1S/C32H39ClN2O6S/c1-20-14-25(40-2)8-11-29(36)26-9-5-23(26)17-35-18-32(13-3-4-21-15-24(33)7-10-27(21)32)19-41-30-12-6-22(16-28(30)35)31(37)34-42(20,38)39/h6-8,10-12,15-16,20,23,25-26,29,36H,3-5,9,13-14,17-19H2,1-2H3,(H,34,37)/b11-8-/t20-,23-,25+,26+,29-,32-/m0/s1. The highest BCUT2D eigenvalue weighted by molar-refractivity contribution is 7.90. The van der Waals surface area contributed by atoms with Crippen molar-refractivity contribution in [1.29, 1.82) is 0 Å². The second kappa shape index (κ2) is 11.5. The number of benzene rings is 2. The summed E-state index contributed by atoms with van der Waals surface area (Å²) in [7, 11) is -2.47. The SMILES string of the molecule is CO[C@@H]1/C=C\[C@H](O)[C@@H]2CC[C@H]2CN2C[C@@]3(CCCc4cc(Cl)ccc43)COc3ccc(cc32)C(=O)NS(=O)(=O)[C@@H](C)C1. The van der Waals surface area contributed by atoms with Crippen molar-refractivity contribution in [2.75, 3.05) is 31.7 Å². The van der Waals surface area contributed by atoms with Crippen LogP contribution in [0.4, 0.5) is 5.69 Å². The van der Waals surface area contributed by atoms with Gasteiger partial charge in [0.25, 0.3) is 5.91 Å². The van der Waals surface area contributed by atoms with Crippen LogP contribution in [-0.2, 0) is 26.6 Å². The van der Waals surface area contributed by atoms with Crippen molar-refractivity contribution in [2.45, 2.75) is 68.3 Å². The second-order valence-corrected chi connectivity index (χ2v) is 15.0. The lowest BCUT2D eigenvalue weighted by molar-refractivity contribution is 0.0444. The van der Waals surface area contributed by atoms with Gasteiger partial charge in [-0.3, -0.25) is 4.79 Å². The van der Waals surface area contributed by atoms with Gasteiger partial charge in [-0.2, -0.15) is 0 Å². The third-order valence-corrected chi connectivity index (χ3v) is 11.8. The van der Waals surface area contributed by atoms with Crippen LogP contribution in [-0.4, -0.2) is 63.7 Å². The third-order valence-electron chi connectivity index (χ3n) is 9.82. The van der Waals surface area contributed by atoms with Crippen molar-refractivity contribution in [3.8, 4) is 5.75 Å². The fourth-order valence-electron chi connectivity index (χ4n) is 7.19. The van der Waals surface area contributed by atoms with Crippen LogP contribution in [0, 0.1) is 11.8 Å². The van der Waals surface area contributed by atoms with Gasteiger partial charge in [0.15, 0.2) is 0 Å². The van der Waals surface area contributed by atoms with E-state index in [0.29, 0.717) is 25.4 Å². The lowest BCUT2D eigenvalue weighted by Crippen LogP contribution is -2.49. The summed E-state index contributed by atoms with van der Waals surface area (Å²) >= 11 is 6.38. The lowest BCUT2D eigenvalue weighted by Gasteiger charge is -2.45. The molecular weight excluding hydrogens is 576 g/mol. The number of halogens is 1. The van der Waals surface area contributed by atoms with Gasteiger partial charge in [-0.15, -0.1) is 0 Å². The van der Waals surface area contributed by atoms with Crippen LogP contribution in [0.2, 0.25) is 5.02 Å². The lowest BCUT2D eigenvalue weighted by atomic mass is 9.68. The van der Waals surface area contributed by atoms with Crippen LogP contribution in [0.3, 0.4) is 0 Å². The fourth-order valence-corrected chi connectivity index (χ4v) is 8.40. The van der Waals surface area contributed by atoms with Crippen LogP contribution in [0.5, 0.6) is 5.75 Å². The van der Waals surface area contributed by atoms with Crippen molar-refractivity contribution in [3.05, 3.63) is 70.3 Å². The molecule has 2 aromatic rings. The van der Waals surface area contributed by atoms with E-state index in [1.807, 2.05) is 6.07 Å². The number of hydrogen-bond acceptors (Lipinski definition) is 7. The molecule has 1 amide bonds. The van der Waals surface area contributed by atoms with Gasteiger partial charge in [-0.05, 0) is 98.7 Å². The minimum absolute atomic E-state index is 0.0697. The molecule has 0 aromatic heterocycles. The molecule has 226 valence electrons. The number of nitrogens with zero attached hydrogens (tertiary/aromatic N) is 1. The highest BCUT2D eigenvalue weighted by Crippen LogP contribution is 2.46. The van der Waals surface area contributed by atoms with Crippen LogP contribution < -0.4 is 14.4 Å². The monoisotopic (exact) mass is 614 g/mol. The Morgan fingerprint density at radius 2 is 2.00 bits per heavy atom. The topological polar surface area (TPSA) is 105 Å². The zero-order valence-electron chi connectivity index (χ0n) is 24.1. The number of methoxy groups -OCH3 is 1. The Kier molecular flexibility index (Phi) is 8.06. The van der Waals surface area contributed by atoms with Gasteiger partial charge >= 0.3 is 0 Å². The van der Waals surface area contributed by atoms with Gasteiger partial charge in [-0.1, -0.05) is 29.8 Å². The van der Waals surface area contributed by atoms with E-state index < -0.39 is 33.4 Å². The van der Waals surface area contributed by atoms with Gasteiger partial charge in [0.1, 0.15) is 5.75 Å². The van der Waals surface area contributed by atoms with E-state index in [2.05, 4.69) is 21.8 Å². The number of aliphatic hydroxyl groups is 1. The molecule has 2 aliphatic heterocycles. The van der Waals surface area contributed by atoms with E-state index in [-0.39, 0.29) is 29.2 Å². The van der Waals surface area contributed by atoms with E-state index in [4.69, 9.17) is 21.1 Å². The summed E-state index contributed by atoms with van der Waals surface area (Å²) in [5, 5.41) is 11.0. The van der Waals surface area contributed by atoms with Gasteiger partial charge in [0.05, 0.1) is 29.8 Å². The maximum absolute atomic E-state index is 13.3. The third kappa shape index (κ3) is 5.56. The molecular formula is C32H39ClN2O6S. The summed E-state index contributed by atoms with van der Waals surface area (Å²) in [4.78, 5) is 15.6. The molecule has 1 spiro atoms. The molecule has 2 N–H and O–H groups in total. The second-order valence-electron chi connectivity index (χ2n) is 12.5. The summed E-state index contributed by atoms with van der Waals surface area (Å²) in [5.41, 5.74) is 3.24. The number of carbonyl (C=O) groups is 1. The van der Waals surface area contributed by atoms with E-state index in [9.17, 15) is 18.3 Å². The Balaban J connectivity index is 1.42. The number of aliphatic hydroxyl groups excluding tert-OH is 1. The Bertz CT molecular complexity index is 1500. The molecule has 1 fully saturated rings. The maximum atomic E-state index is 13.3. The maximum Gasteiger partial charge on any atom is 0.264 e. The minimum atomic E-state index is -3.98. The largest absolute Gasteiger partial charge is 0.490 e. The summed E-state index contributed by atoms with van der Waals surface area (Å²) < 4.78 is 40.5. The van der Waals surface area contributed by atoms with E-state index >= 15 is 0 Å². The van der Waals surface area contributed by atoms with Gasteiger partial charge in [-0.25, -0.2) is 13.1 Å². The highest BCUT2D eigenvalue weighted by Gasteiger charge is 2.44. The first kappa shape index (κ1) is 29.5. The van der Waals surface area contributed by atoms with Crippen molar-refractivity contribution in [2.24, 2.45) is 11.8 Å². The molecule has 2 bridgehead atoms. The fraction of sp³-hybridized carbons (Fsp3) is 0.531. The summed E-state index contributed by atoms with van der Waals surface area (Å²) in [6, 6.07) is 11.3. The van der Waals surface area contributed by atoms with Crippen molar-refractivity contribution < 1.29 is 27.8 Å². The zero-order valence-corrected chi connectivity index (χ0v) is 25.7. The molecule has 2 aromatic carbocycles. The van der Waals surface area contributed by atoms with Crippen LogP contribution in [0.25, 0.3) is 0 Å². The first-order valence-corrected chi connectivity index (χ1v) is 16.8. The minimum Gasteiger partial charge on any atom is -0.490 e. The molecule has 6 rings (SSSR count). The smallest absolute Gasteiger partial charge is 0.264 e. The predicted molar refractivity (Wildman–Crippen MR) is 163 cm³/mol. The zero-order chi connectivity index (χ0) is 29.6. The van der Waals surface area contributed by atoms with Crippen LogP contribution in [0.15, 0.2) is 48.6 Å². The molecule has 2 aliphatic carbocycles. The normalized spacial score (nSPS) is 33.3. The Hall–Kier alpha value is -2.59. The number of carbonyl (C=O) groups excluding carboxylic acids is 1. The molecule has 0 unspecified atom stereocenters. The van der Waals surface area contributed by atoms with Gasteiger partial charge in [0, 0.05) is 36.2 Å². The molecule has 0 saturated heterocycles. The number of nitrogens with one attached hydrogen (secondary N) is 1. The van der Waals surface area contributed by atoms with Gasteiger partial charge in [0.2, 0.25) is 10.0 Å². The summed E-state index contributed by atoms with van der Waals surface area (Å²) in [5.74, 6) is 0.308. The number of sulfonamides is 1. The van der Waals surface area contributed by atoms with E-state index in [1.165, 1.54) is 18.2 Å². The molecule has 4 aliphatic rings. The van der Waals surface area contributed by atoms with E-state index in [1.54, 1.807) is 37.3 Å². The average molecular weight is 615 g/mol. The number of aryl methyl sites for hydroxylation is 1.